The predicted molar refractivity (Wildman–Crippen MR) is 141 cm³/mol. The second kappa shape index (κ2) is 9.33. The van der Waals surface area contributed by atoms with E-state index in [1.54, 1.807) is 11.2 Å². The summed E-state index contributed by atoms with van der Waals surface area (Å²) in [6.45, 7) is 7.55. The molecule has 36 heavy (non-hydrogen) atoms. The SMILES string of the molecule is Cc1cc(-c2[nH]c3ccc(C4CCN(C(=O)CNS(C)(=O)=O)CC4)cc3c2C(C)C)cn2ncnc12. The average Bonchev–Trinajstić information content (AvgIpc) is 3.46. The van der Waals surface area contributed by atoms with E-state index in [0.717, 1.165) is 47.1 Å². The van der Waals surface area contributed by atoms with Gasteiger partial charge in [0.05, 0.1) is 18.5 Å². The number of fused-ring (bicyclic) bond motifs is 2. The first-order valence-electron chi connectivity index (χ1n) is 12.3. The topological polar surface area (TPSA) is 112 Å². The summed E-state index contributed by atoms with van der Waals surface area (Å²) < 4.78 is 26.7. The van der Waals surface area contributed by atoms with E-state index in [9.17, 15) is 13.2 Å². The summed E-state index contributed by atoms with van der Waals surface area (Å²) in [5.41, 5.74) is 7.79. The maximum absolute atomic E-state index is 12.4. The Labute approximate surface area is 211 Å². The molecule has 190 valence electrons. The van der Waals surface area contributed by atoms with Gasteiger partial charge in [-0.05, 0) is 66.5 Å². The zero-order valence-electron chi connectivity index (χ0n) is 21.1. The molecule has 5 rings (SSSR count). The Balaban J connectivity index is 1.41. The van der Waals surface area contributed by atoms with Crippen molar-refractivity contribution in [2.45, 2.75) is 45.4 Å². The van der Waals surface area contributed by atoms with Crippen LogP contribution >= 0.6 is 0 Å². The molecule has 0 spiro atoms. The van der Waals surface area contributed by atoms with Crippen LogP contribution in [0.15, 0.2) is 36.8 Å². The lowest BCUT2D eigenvalue weighted by Crippen LogP contribution is -2.43. The van der Waals surface area contributed by atoms with Crippen LogP contribution in [0, 0.1) is 6.92 Å². The van der Waals surface area contributed by atoms with Gasteiger partial charge in [0.2, 0.25) is 15.9 Å². The third-order valence-electron chi connectivity index (χ3n) is 7.09. The number of nitrogens with one attached hydrogen (secondary N) is 2. The van der Waals surface area contributed by atoms with Crippen LogP contribution in [0.1, 0.15) is 55.2 Å². The monoisotopic (exact) mass is 508 g/mol. The molecule has 1 aromatic carbocycles. The molecular weight excluding hydrogens is 476 g/mol. The third kappa shape index (κ3) is 4.75. The summed E-state index contributed by atoms with van der Waals surface area (Å²) in [5.74, 6) is 0.498. The highest BCUT2D eigenvalue weighted by atomic mass is 32.2. The van der Waals surface area contributed by atoms with Gasteiger partial charge in [0.15, 0.2) is 5.65 Å². The lowest BCUT2D eigenvalue weighted by Gasteiger charge is -2.32. The van der Waals surface area contributed by atoms with Gasteiger partial charge >= 0.3 is 0 Å². The predicted octanol–water partition coefficient (Wildman–Crippen LogP) is 3.56. The maximum atomic E-state index is 12.4. The molecule has 0 atom stereocenters. The fourth-order valence-electron chi connectivity index (χ4n) is 5.31. The quantitative estimate of drug-likeness (QED) is 0.414. The lowest BCUT2D eigenvalue weighted by atomic mass is 9.87. The van der Waals surface area contributed by atoms with Crippen LogP contribution in [0.2, 0.25) is 0 Å². The lowest BCUT2D eigenvalue weighted by molar-refractivity contribution is -0.130. The highest BCUT2D eigenvalue weighted by Crippen LogP contribution is 2.38. The molecule has 0 unspecified atom stereocenters. The minimum atomic E-state index is -3.38. The van der Waals surface area contributed by atoms with Crippen LogP contribution in [0.25, 0.3) is 27.8 Å². The maximum Gasteiger partial charge on any atom is 0.237 e. The fraction of sp³-hybridized carbons (Fsp3) is 0.423. The zero-order chi connectivity index (χ0) is 25.6. The van der Waals surface area contributed by atoms with Gasteiger partial charge < -0.3 is 9.88 Å². The van der Waals surface area contributed by atoms with Crippen molar-refractivity contribution >= 4 is 32.5 Å². The molecule has 1 aliphatic heterocycles. The van der Waals surface area contributed by atoms with E-state index in [2.05, 4.69) is 64.8 Å². The number of pyridine rings is 1. The molecular formula is C26H32N6O3S. The number of aryl methyl sites for hydroxylation is 1. The molecule has 1 saturated heterocycles. The van der Waals surface area contributed by atoms with Crippen molar-refractivity contribution in [1.82, 2.24) is 29.2 Å². The van der Waals surface area contributed by atoms with E-state index >= 15 is 0 Å². The Kier molecular flexibility index (Phi) is 6.34. The average molecular weight is 509 g/mol. The molecule has 4 aromatic rings. The van der Waals surface area contributed by atoms with E-state index in [0.29, 0.717) is 24.9 Å². The van der Waals surface area contributed by atoms with Gasteiger partial charge in [-0.3, -0.25) is 4.79 Å². The van der Waals surface area contributed by atoms with Crippen molar-refractivity contribution < 1.29 is 13.2 Å². The summed E-state index contributed by atoms with van der Waals surface area (Å²) in [6.07, 6.45) is 6.37. The number of hydrogen-bond donors (Lipinski definition) is 2. The highest BCUT2D eigenvalue weighted by molar-refractivity contribution is 7.88. The number of sulfonamides is 1. The van der Waals surface area contributed by atoms with Crippen LogP contribution in [-0.4, -0.2) is 64.7 Å². The molecule has 0 radical (unpaired) electrons. The van der Waals surface area contributed by atoms with Crippen molar-refractivity contribution in [3.63, 3.8) is 0 Å². The van der Waals surface area contributed by atoms with Crippen molar-refractivity contribution in [2.24, 2.45) is 0 Å². The number of amides is 1. The van der Waals surface area contributed by atoms with Crippen LogP contribution < -0.4 is 4.72 Å². The number of likely N-dealkylation sites (tertiary alicyclic amines) is 1. The van der Waals surface area contributed by atoms with Crippen LogP contribution in [-0.2, 0) is 14.8 Å². The summed E-state index contributed by atoms with van der Waals surface area (Å²) in [5, 5.41) is 5.57. The van der Waals surface area contributed by atoms with Crippen molar-refractivity contribution in [2.75, 3.05) is 25.9 Å². The molecule has 1 amide bonds. The normalized spacial score (nSPS) is 15.4. The van der Waals surface area contributed by atoms with E-state index in [1.807, 2.05) is 10.7 Å². The number of piperidine rings is 1. The standard InChI is InChI=1S/C26H32N6O3S/c1-16(2)24-21-12-19(18-7-9-31(10-8-18)23(33)13-29-36(4,34)35)5-6-22(21)30-25(24)20-11-17(3)26-27-15-28-32(26)14-20/h5-6,11-12,14-16,18,29-30H,7-10,13H2,1-4H3. The molecule has 3 aromatic heterocycles. The molecule has 0 aliphatic carbocycles. The summed E-state index contributed by atoms with van der Waals surface area (Å²) in [6, 6.07) is 8.81. The van der Waals surface area contributed by atoms with Gasteiger partial charge in [-0.1, -0.05) is 19.9 Å². The number of carbonyl (C=O) groups is 1. The molecule has 0 bridgehead atoms. The Morgan fingerprint density at radius 2 is 1.97 bits per heavy atom. The molecule has 10 heteroatoms. The van der Waals surface area contributed by atoms with E-state index in [4.69, 9.17) is 0 Å². The number of benzene rings is 1. The molecule has 2 N–H and O–H groups in total. The highest BCUT2D eigenvalue weighted by Gasteiger charge is 2.25. The summed E-state index contributed by atoms with van der Waals surface area (Å²) in [7, 11) is -3.38. The largest absolute Gasteiger partial charge is 0.354 e. The molecule has 9 nitrogen and oxygen atoms in total. The van der Waals surface area contributed by atoms with Gasteiger partial charge in [-0.25, -0.2) is 22.6 Å². The minimum absolute atomic E-state index is 0.175. The van der Waals surface area contributed by atoms with Crippen molar-refractivity contribution in [3.05, 3.63) is 53.5 Å². The van der Waals surface area contributed by atoms with Crippen LogP contribution in [0.5, 0.6) is 0 Å². The summed E-state index contributed by atoms with van der Waals surface area (Å²) in [4.78, 5) is 22.1. The first-order valence-corrected chi connectivity index (χ1v) is 14.2. The molecule has 0 saturated carbocycles. The minimum Gasteiger partial charge on any atom is -0.354 e. The smallest absolute Gasteiger partial charge is 0.237 e. The van der Waals surface area contributed by atoms with Crippen LogP contribution in [0.4, 0.5) is 0 Å². The van der Waals surface area contributed by atoms with E-state index in [-0.39, 0.29) is 12.5 Å². The van der Waals surface area contributed by atoms with E-state index in [1.165, 1.54) is 16.5 Å². The Bertz CT molecular complexity index is 1540. The van der Waals surface area contributed by atoms with E-state index < -0.39 is 10.0 Å². The Morgan fingerprint density at radius 3 is 2.67 bits per heavy atom. The van der Waals surface area contributed by atoms with Gasteiger partial charge in [0.1, 0.15) is 6.33 Å². The first kappa shape index (κ1) is 24.5. The number of H-pyrrole nitrogens is 1. The second-order valence-corrected chi connectivity index (χ2v) is 11.9. The number of aromatic amines is 1. The number of aromatic nitrogens is 4. The van der Waals surface area contributed by atoms with Gasteiger partial charge in [0.25, 0.3) is 0 Å². The molecule has 1 fully saturated rings. The second-order valence-electron chi connectivity index (χ2n) is 10.1. The first-order chi connectivity index (χ1) is 17.1. The molecule has 4 heterocycles. The van der Waals surface area contributed by atoms with Crippen molar-refractivity contribution in [1.29, 1.82) is 0 Å². The summed E-state index contributed by atoms with van der Waals surface area (Å²) >= 11 is 0. The van der Waals surface area contributed by atoms with Crippen LogP contribution in [0.3, 0.4) is 0 Å². The number of carbonyl (C=O) groups excluding carboxylic acids is 1. The van der Waals surface area contributed by atoms with Gasteiger partial charge in [-0.15, -0.1) is 0 Å². The molecule has 1 aliphatic rings. The number of nitrogens with zero attached hydrogens (tertiary/aromatic N) is 4. The zero-order valence-corrected chi connectivity index (χ0v) is 21.9. The Morgan fingerprint density at radius 1 is 1.22 bits per heavy atom. The number of rotatable bonds is 6. The number of hydrogen-bond acceptors (Lipinski definition) is 5. The third-order valence-corrected chi connectivity index (χ3v) is 7.76. The fourth-order valence-corrected chi connectivity index (χ4v) is 5.69. The van der Waals surface area contributed by atoms with Crippen molar-refractivity contribution in [3.8, 4) is 11.3 Å². The Hall–Kier alpha value is -3.24. The van der Waals surface area contributed by atoms with Gasteiger partial charge in [0, 0.05) is 35.8 Å². The van der Waals surface area contributed by atoms with Gasteiger partial charge in [-0.2, -0.15) is 5.10 Å².